The monoisotopic (exact) mass is 472 g/mol. The van der Waals surface area contributed by atoms with Gasteiger partial charge in [-0.1, -0.05) is 42.5 Å². The van der Waals surface area contributed by atoms with Crippen molar-refractivity contribution in [3.8, 4) is 0 Å². The summed E-state index contributed by atoms with van der Waals surface area (Å²) in [6.07, 6.45) is 7.88. The van der Waals surface area contributed by atoms with Crippen LogP contribution in [-0.4, -0.2) is 46.4 Å². The van der Waals surface area contributed by atoms with Crippen molar-refractivity contribution in [2.45, 2.75) is 32.6 Å². The Kier molecular flexibility index (Phi) is 6.44. The van der Waals surface area contributed by atoms with Gasteiger partial charge >= 0.3 is 5.97 Å². The van der Waals surface area contributed by atoms with Gasteiger partial charge in [-0.2, -0.15) is 4.98 Å². The molecule has 2 aliphatic rings. The molecule has 180 valence electrons. The van der Waals surface area contributed by atoms with Crippen molar-refractivity contribution in [3.63, 3.8) is 0 Å². The van der Waals surface area contributed by atoms with Gasteiger partial charge in [-0.15, -0.1) is 0 Å². The van der Waals surface area contributed by atoms with Gasteiger partial charge in [-0.05, 0) is 43.2 Å². The second-order valence-corrected chi connectivity index (χ2v) is 9.11. The van der Waals surface area contributed by atoms with Gasteiger partial charge in [0.15, 0.2) is 11.4 Å². The minimum atomic E-state index is -0.289. The van der Waals surface area contributed by atoms with Crippen LogP contribution in [0.5, 0.6) is 0 Å². The van der Waals surface area contributed by atoms with E-state index in [1.54, 1.807) is 13.1 Å². The molecular formula is C27H28N4O4. The first-order valence-electron chi connectivity index (χ1n) is 12.1. The molecule has 35 heavy (non-hydrogen) atoms. The number of anilines is 1. The summed E-state index contributed by atoms with van der Waals surface area (Å²) in [6.45, 7) is 3.36. The molecular weight excluding hydrogens is 444 g/mol. The second kappa shape index (κ2) is 9.82. The molecule has 5 rings (SSSR count). The molecule has 8 nitrogen and oxygen atoms in total. The Morgan fingerprint density at radius 3 is 2.69 bits per heavy atom. The van der Waals surface area contributed by atoms with E-state index in [4.69, 9.17) is 4.74 Å². The Morgan fingerprint density at radius 2 is 1.94 bits per heavy atom. The van der Waals surface area contributed by atoms with E-state index in [9.17, 15) is 14.4 Å². The minimum absolute atomic E-state index is 0.00165. The van der Waals surface area contributed by atoms with Gasteiger partial charge in [0.25, 0.3) is 5.56 Å². The van der Waals surface area contributed by atoms with Crippen molar-refractivity contribution in [2.24, 2.45) is 11.8 Å². The predicted molar refractivity (Wildman–Crippen MR) is 133 cm³/mol. The molecule has 1 N–H and O–H groups in total. The van der Waals surface area contributed by atoms with Gasteiger partial charge < -0.3 is 9.64 Å². The number of Topliss-reactive ketones (excluding diaryl/α,β-unsaturated/α-hetero) is 1. The summed E-state index contributed by atoms with van der Waals surface area (Å²) in [7, 11) is 0. The predicted octanol–water partition coefficient (Wildman–Crippen LogP) is 3.56. The lowest BCUT2D eigenvalue weighted by molar-refractivity contribution is -0.148. The van der Waals surface area contributed by atoms with E-state index in [1.165, 1.54) is 0 Å². The molecule has 0 radical (unpaired) electrons. The lowest BCUT2D eigenvalue weighted by Gasteiger charge is -2.31. The van der Waals surface area contributed by atoms with E-state index >= 15 is 0 Å². The van der Waals surface area contributed by atoms with E-state index in [0.29, 0.717) is 67.9 Å². The molecule has 1 fully saturated rings. The van der Waals surface area contributed by atoms with Crippen LogP contribution in [0.15, 0.2) is 47.4 Å². The maximum Gasteiger partial charge on any atom is 0.309 e. The van der Waals surface area contributed by atoms with Crippen molar-refractivity contribution in [1.29, 1.82) is 0 Å². The summed E-state index contributed by atoms with van der Waals surface area (Å²) in [6, 6.07) is 9.94. The van der Waals surface area contributed by atoms with Gasteiger partial charge in [-0.25, -0.2) is 4.98 Å². The highest BCUT2D eigenvalue weighted by molar-refractivity contribution is 6.02. The Morgan fingerprint density at radius 1 is 1.17 bits per heavy atom. The van der Waals surface area contributed by atoms with Crippen LogP contribution in [0.2, 0.25) is 0 Å². The van der Waals surface area contributed by atoms with Crippen LogP contribution in [0, 0.1) is 11.8 Å². The third-order valence-electron chi connectivity index (χ3n) is 6.82. The lowest BCUT2D eigenvalue weighted by atomic mass is 9.82. The Bertz CT molecular complexity index is 1340. The number of allylic oxidation sites excluding steroid dienone is 1. The van der Waals surface area contributed by atoms with E-state index in [-0.39, 0.29) is 29.1 Å². The van der Waals surface area contributed by atoms with Gasteiger partial charge in [0.1, 0.15) is 0 Å². The Balaban J connectivity index is 1.40. The number of nitrogens with one attached hydrogen (secondary N) is 1. The topological polar surface area (TPSA) is 105 Å². The summed E-state index contributed by atoms with van der Waals surface area (Å²) >= 11 is 0. The average molecular weight is 473 g/mol. The number of fused-ring (bicyclic) bond motifs is 3. The van der Waals surface area contributed by atoms with Crippen LogP contribution < -0.4 is 10.5 Å². The number of aromatic nitrogens is 3. The molecule has 2 aromatic heterocycles. The number of nitrogens with zero attached hydrogens (tertiary/aromatic N) is 3. The summed E-state index contributed by atoms with van der Waals surface area (Å²) in [5.41, 5.74) is 2.35. The third kappa shape index (κ3) is 4.73. The third-order valence-corrected chi connectivity index (χ3v) is 6.82. The van der Waals surface area contributed by atoms with Gasteiger partial charge in [-0.3, -0.25) is 19.4 Å². The highest BCUT2D eigenvalue weighted by Crippen LogP contribution is 2.30. The maximum atomic E-state index is 13.2. The molecule has 1 aliphatic heterocycles. The molecule has 3 aromatic rings. The summed E-state index contributed by atoms with van der Waals surface area (Å²) < 4.78 is 5.14. The number of aromatic amines is 1. The molecule has 0 saturated carbocycles. The number of ketones is 1. The van der Waals surface area contributed by atoms with Crippen LogP contribution in [0.3, 0.4) is 0 Å². The number of rotatable bonds is 5. The summed E-state index contributed by atoms with van der Waals surface area (Å²) in [5, 5.41) is 0.388. The number of H-pyrrole nitrogens is 1. The van der Waals surface area contributed by atoms with Crippen molar-refractivity contribution >= 4 is 34.8 Å². The first-order chi connectivity index (χ1) is 17.0. The molecule has 8 heteroatoms. The molecule has 1 saturated heterocycles. The zero-order valence-electron chi connectivity index (χ0n) is 19.7. The molecule has 0 unspecified atom stereocenters. The van der Waals surface area contributed by atoms with Gasteiger partial charge in [0.2, 0.25) is 5.95 Å². The number of carbonyl (C=O) groups excluding carboxylic acids is 2. The number of ether oxygens (including phenoxy) is 1. The molecule has 0 amide bonds. The average Bonchev–Trinajstić information content (AvgIpc) is 2.88. The molecule has 0 bridgehead atoms. The fraction of sp³-hybridized carbons (Fsp3) is 0.370. The molecule has 1 aliphatic carbocycles. The van der Waals surface area contributed by atoms with E-state index in [0.717, 1.165) is 11.1 Å². The number of benzene rings is 1. The van der Waals surface area contributed by atoms with Crippen molar-refractivity contribution in [1.82, 2.24) is 15.0 Å². The summed E-state index contributed by atoms with van der Waals surface area (Å²) in [4.78, 5) is 52.0. The zero-order valence-corrected chi connectivity index (χ0v) is 19.7. The maximum absolute atomic E-state index is 13.2. The number of esters is 1. The molecule has 1 atom stereocenters. The van der Waals surface area contributed by atoms with Crippen LogP contribution in [-0.2, 0) is 16.0 Å². The molecule has 1 aromatic carbocycles. The smallest absolute Gasteiger partial charge is 0.309 e. The van der Waals surface area contributed by atoms with Crippen LogP contribution in [0.25, 0.3) is 17.1 Å². The Hall–Kier alpha value is -3.81. The number of hydrogen-bond donors (Lipinski definition) is 1. The van der Waals surface area contributed by atoms with Crippen molar-refractivity contribution < 1.29 is 14.3 Å². The first kappa shape index (κ1) is 23.0. The highest BCUT2D eigenvalue weighted by Gasteiger charge is 2.30. The number of carbonyl (C=O) groups is 2. The zero-order chi connectivity index (χ0) is 24.4. The first-order valence-corrected chi connectivity index (χ1v) is 12.1. The highest BCUT2D eigenvalue weighted by atomic mass is 16.5. The van der Waals surface area contributed by atoms with Crippen LogP contribution in [0.1, 0.15) is 47.7 Å². The number of pyridine rings is 1. The van der Waals surface area contributed by atoms with Crippen molar-refractivity contribution in [3.05, 3.63) is 69.6 Å². The SMILES string of the molecule is CCOC(=O)C1CCN(c2nc3ncc4c(c3c(=O)[nH]2)C[C@H](/C=C/c2ccccc2)CC4=O)CC1. The molecule has 3 heterocycles. The lowest BCUT2D eigenvalue weighted by Crippen LogP contribution is -2.38. The summed E-state index contributed by atoms with van der Waals surface area (Å²) in [5.74, 6) is 0.144. The van der Waals surface area contributed by atoms with Gasteiger partial charge in [0.05, 0.1) is 17.9 Å². The van der Waals surface area contributed by atoms with Gasteiger partial charge in [0, 0.05) is 31.3 Å². The Labute approximate surface area is 203 Å². The van der Waals surface area contributed by atoms with Crippen LogP contribution in [0.4, 0.5) is 5.95 Å². The van der Waals surface area contributed by atoms with E-state index < -0.39 is 0 Å². The largest absolute Gasteiger partial charge is 0.466 e. The van der Waals surface area contributed by atoms with Crippen LogP contribution >= 0.6 is 0 Å². The standard InChI is InChI=1S/C27H28N4O4/c1-2-35-26(34)19-10-12-31(13-11-19)27-29-24-23(25(33)30-27)20-14-18(15-22(32)21(20)16-28-24)9-8-17-6-4-3-5-7-17/h3-9,16,18-19H,2,10-15H2,1H3,(H,28,29,30,33)/b9-8+/t18-/m0/s1. The van der Waals surface area contributed by atoms with E-state index in [2.05, 4.69) is 15.0 Å². The quantitative estimate of drug-likeness (QED) is 0.566. The van der Waals surface area contributed by atoms with Crippen molar-refractivity contribution in [2.75, 3.05) is 24.6 Å². The normalized spacial score (nSPS) is 18.7. The minimum Gasteiger partial charge on any atom is -0.466 e. The molecule has 0 spiro atoms. The fourth-order valence-corrected chi connectivity index (χ4v) is 4.97. The fourth-order valence-electron chi connectivity index (χ4n) is 4.97. The van der Waals surface area contributed by atoms with E-state index in [1.807, 2.05) is 47.4 Å². The number of piperidine rings is 1. The number of hydrogen-bond acceptors (Lipinski definition) is 7. The second-order valence-electron chi connectivity index (χ2n) is 9.11.